The van der Waals surface area contributed by atoms with Crippen LogP contribution in [0.3, 0.4) is 0 Å². The Morgan fingerprint density at radius 1 is 1.70 bits per heavy atom. The van der Waals surface area contributed by atoms with Gasteiger partial charge in [0.15, 0.2) is 0 Å². The first kappa shape index (κ1) is 7.95. The van der Waals surface area contributed by atoms with Gasteiger partial charge in [-0.05, 0) is 13.3 Å². The van der Waals surface area contributed by atoms with Crippen LogP contribution < -0.4 is 0 Å². The van der Waals surface area contributed by atoms with E-state index in [-0.39, 0.29) is 12.8 Å². The van der Waals surface area contributed by atoms with Gasteiger partial charge in [0.05, 0.1) is 6.10 Å². The van der Waals surface area contributed by atoms with E-state index in [4.69, 9.17) is 5.11 Å². The van der Waals surface area contributed by atoms with E-state index in [2.05, 4.69) is 0 Å². The highest BCUT2D eigenvalue weighted by atomic mass is 19.1. The highest BCUT2D eigenvalue weighted by Gasteiger charge is 2.26. The fraction of sp³-hybridized carbons (Fsp3) is 1.00. The predicted molar refractivity (Wildman–Crippen MR) is 37.6 cm³/mol. The molecule has 2 atom stereocenters. The average molecular weight is 147 g/mol. The molecule has 0 aliphatic carbocycles. The van der Waals surface area contributed by atoms with Crippen molar-refractivity contribution in [1.82, 2.24) is 4.90 Å². The maximum atomic E-state index is 11.8. The van der Waals surface area contributed by atoms with Crippen molar-refractivity contribution in [2.75, 3.05) is 19.8 Å². The first-order chi connectivity index (χ1) is 4.74. The van der Waals surface area contributed by atoms with Crippen LogP contribution in [0.4, 0.5) is 4.39 Å². The number of hydrogen-bond acceptors (Lipinski definition) is 2. The molecule has 3 heteroatoms. The number of alkyl halides is 1. The summed E-state index contributed by atoms with van der Waals surface area (Å²) in [5.74, 6) is 0. The van der Waals surface area contributed by atoms with Gasteiger partial charge in [0.25, 0.3) is 0 Å². The van der Waals surface area contributed by atoms with Crippen LogP contribution in [0.25, 0.3) is 0 Å². The SMILES string of the molecule is C[C@H]1C[C@H](O)CN1CCF. The van der Waals surface area contributed by atoms with E-state index in [1.807, 2.05) is 11.8 Å². The lowest BCUT2D eigenvalue weighted by atomic mass is 10.2. The summed E-state index contributed by atoms with van der Waals surface area (Å²) < 4.78 is 11.8. The normalized spacial score (nSPS) is 35.1. The Labute approximate surface area is 60.6 Å². The van der Waals surface area contributed by atoms with E-state index >= 15 is 0 Å². The monoisotopic (exact) mass is 147 g/mol. The van der Waals surface area contributed by atoms with Crippen LogP contribution in [0.5, 0.6) is 0 Å². The van der Waals surface area contributed by atoms with E-state index in [9.17, 15) is 4.39 Å². The second-order valence-electron chi connectivity index (χ2n) is 2.92. The van der Waals surface area contributed by atoms with Crippen molar-refractivity contribution in [1.29, 1.82) is 0 Å². The van der Waals surface area contributed by atoms with E-state index < -0.39 is 0 Å². The summed E-state index contributed by atoms with van der Waals surface area (Å²) in [6, 6.07) is 0.353. The number of aliphatic hydroxyl groups excluding tert-OH is 1. The Balaban J connectivity index is 2.31. The Kier molecular flexibility index (Phi) is 2.63. The van der Waals surface area contributed by atoms with Gasteiger partial charge >= 0.3 is 0 Å². The molecule has 0 aromatic rings. The van der Waals surface area contributed by atoms with Gasteiger partial charge in [-0.15, -0.1) is 0 Å². The lowest BCUT2D eigenvalue weighted by molar-refractivity contribution is 0.171. The molecule has 1 aliphatic rings. The Bertz CT molecular complexity index is 110. The van der Waals surface area contributed by atoms with Crippen molar-refractivity contribution in [3.63, 3.8) is 0 Å². The molecule has 1 saturated heterocycles. The van der Waals surface area contributed by atoms with Crippen LogP contribution in [0.1, 0.15) is 13.3 Å². The summed E-state index contributed by atoms with van der Waals surface area (Å²) in [4.78, 5) is 1.98. The van der Waals surface area contributed by atoms with Crippen LogP contribution in [0.2, 0.25) is 0 Å². The highest BCUT2D eigenvalue weighted by Crippen LogP contribution is 2.15. The van der Waals surface area contributed by atoms with E-state index in [1.165, 1.54) is 0 Å². The summed E-state index contributed by atoms with van der Waals surface area (Å²) >= 11 is 0. The van der Waals surface area contributed by atoms with Crippen molar-refractivity contribution >= 4 is 0 Å². The van der Waals surface area contributed by atoms with Gasteiger partial charge in [0.2, 0.25) is 0 Å². The molecule has 1 heterocycles. The minimum atomic E-state index is -0.308. The number of likely N-dealkylation sites (tertiary alicyclic amines) is 1. The van der Waals surface area contributed by atoms with Gasteiger partial charge in [-0.2, -0.15) is 0 Å². The summed E-state index contributed by atoms with van der Waals surface area (Å²) in [5, 5.41) is 9.13. The van der Waals surface area contributed by atoms with Crippen LogP contribution in [0.15, 0.2) is 0 Å². The third-order valence-corrected chi connectivity index (χ3v) is 2.05. The van der Waals surface area contributed by atoms with Gasteiger partial charge in [0.1, 0.15) is 6.67 Å². The van der Waals surface area contributed by atoms with E-state index in [0.29, 0.717) is 19.1 Å². The van der Waals surface area contributed by atoms with Gasteiger partial charge in [0, 0.05) is 19.1 Å². The molecule has 0 saturated carbocycles. The maximum absolute atomic E-state index is 11.8. The van der Waals surface area contributed by atoms with E-state index in [0.717, 1.165) is 6.42 Å². The molecule has 0 unspecified atom stereocenters. The molecule has 1 rings (SSSR count). The largest absolute Gasteiger partial charge is 0.392 e. The third-order valence-electron chi connectivity index (χ3n) is 2.05. The molecule has 0 amide bonds. The summed E-state index contributed by atoms with van der Waals surface area (Å²) in [7, 11) is 0. The second kappa shape index (κ2) is 3.30. The van der Waals surface area contributed by atoms with Crippen LogP contribution in [-0.2, 0) is 0 Å². The maximum Gasteiger partial charge on any atom is 0.102 e. The molecule has 2 nitrogen and oxygen atoms in total. The van der Waals surface area contributed by atoms with Crippen LogP contribution in [0, 0.1) is 0 Å². The van der Waals surface area contributed by atoms with E-state index in [1.54, 1.807) is 0 Å². The number of rotatable bonds is 2. The summed E-state index contributed by atoms with van der Waals surface area (Å²) in [6.07, 6.45) is 0.557. The Morgan fingerprint density at radius 3 is 2.80 bits per heavy atom. The fourth-order valence-electron chi connectivity index (χ4n) is 1.49. The zero-order valence-electron chi connectivity index (χ0n) is 6.26. The Hall–Kier alpha value is -0.150. The summed E-state index contributed by atoms with van der Waals surface area (Å²) in [5.41, 5.74) is 0. The molecule has 0 spiro atoms. The molecule has 1 N–H and O–H groups in total. The summed E-state index contributed by atoms with van der Waals surface area (Å²) in [6.45, 7) is 2.83. The molecular weight excluding hydrogens is 133 g/mol. The average Bonchev–Trinajstić information content (AvgIpc) is 2.13. The van der Waals surface area contributed by atoms with Crippen molar-refractivity contribution in [3.05, 3.63) is 0 Å². The molecule has 0 aromatic carbocycles. The number of halogens is 1. The third kappa shape index (κ3) is 1.67. The zero-order chi connectivity index (χ0) is 7.56. The fourth-order valence-corrected chi connectivity index (χ4v) is 1.49. The second-order valence-corrected chi connectivity index (χ2v) is 2.92. The lowest BCUT2D eigenvalue weighted by Gasteiger charge is -2.17. The van der Waals surface area contributed by atoms with Gasteiger partial charge in [-0.25, -0.2) is 4.39 Å². The highest BCUT2D eigenvalue weighted by molar-refractivity contribution is 4.81. The standard InChI is InChI=1S/C7H14FNO/c1-6-4-7(10)5-9(6)3-2-8/h6-7,10H,2-5H2,1H3/t6-,7-/m0/s1. The minimum Gasteiger partial charge on any atom is -0.392 e. The molecule has 1 fully saturated rings. The number of hydrogen-bond donors (Lipinski definition) is 1. The number of β-amino-alcohol motifs (C(OH)–C–C–N with tert-alkyl or cyclic N) is 1. The first-order valence-electron chi connectivity index (χ1n) is 3.72. The molecule has 0 bridgehead atoms. The quantitative estimate of drug-likeness (QED) is 0.611. The zero-order valence-corrected chi connectivity index (χ0v) is 6.26. The van der Waals surface area contributed by atoms with Gasteiger partial charge in [-0.1, -0.05) is 0 Å². The molecular formula is C7H14FNO. The van der Waals surface area contributed by atoms with Crippen molar-refractivity contribution < 1.29 is 9.50 Å². The minimum absolute atomic E-state index is 0.235. The molecule has 1 aliphatic heterocycles. The smallest absolute Gasteiger partial charge is 0.102 e. The van der Waals surface area contributed by atoms with Crippen molar-refractivity contribution in [2.45, 2.75) is 25.5 Å². The molecule has 0 aromatic heterocycles. The molecule has 10 heavy (non-hydrogen) atoms. The van der Waals surface area contributed by atoms with Crippen LogP contribution >= 0.6 is 0 Å². The molecule has 60 valence electrons. The van der Waals surface area contributed by atoms with Gasteiger partial charge in [-0.3, -0.25) is 4.90 Å². The van der Waals surface area contributed by atoms with Crippen molar-refractivity contribution in [2.24, 2.45) is 0 Å². The number of aliphatic hydroxyl groups is 1. The van der Waals surface area contributed by atoms with Crippen molar-refractivity contribution in [3.8, 4) is 0 Å². The van der Waals surface area contributed by atoms with Crippen LogP contribution in [-0.4, -0.2) is 41.9 Å². The predicted octanol–water partition coefficient (Wildman–Crippen LogP) is 0.411. The number of nitrogens with zero attached hydrogens (tertiary/aromatic N) is 1. The lowest BCUT2D eigenvalue weighted by Crippen LogP contribution is -2.29. The first-order valence-corrected chi connectivity index (χ1v) is 3.72. The molecule has 0 radical (unpaired) electrons. The Morgan fingerprint density at radius 2 is 2.40 bits per heavy atom. The van der Waals surface area contributed by atoms with Gasteiger partial charge < -0.3 is 5.11 Å². The topological polar surface area (TPSA) is 23.5 Å².